The van der Waals surface area contributed by atoms with Crippen molar-refractivity contribution in [3.05, 3.63) is 0 Å². The minimum absolute atomic E-state index is 0.135. The first kappa shape index (κ1) is 28.8. The maximum atomic E-state index is 12.7. The maximum absolute atomic E-state index is 12.7. The van der Waals surface area contributed by atoms with Crippen molar-refractivity contribution in [1.29, 1.82) is 0 Å². The highest BCUT2D eigenvalue weighted by Crippen LogP contribution is 2.38. The summed E-state index contributed by atoms with van der Waals surface area (Å²) < 4.78 is 60.1. The Bertz CT molecular complexity index is 808. The second-order valence-corrected chi connectivity index (χ2v) is 12.3. The van der Waals surface area contributed by atoms with E-state index in [0.717, 1.165) is 12.5 Å². The number of sulfonamides is 2. The Morgan fingerprint density at radius 3 is 1.53 bits per heavy atom. The van der Waals surface area contributed by atoms with E-state index in [0.29, 0.717) is 6.42 Å². The molecular weight excluding hydrogens is 436 g/mol. The Labute approximate surface area is 180 Å². The third kappa shape index (κ3) is 11.2. The van der Waals surface area contributed by atoms with E-state index in [-0.39, 0.29) is 19.6 Å². The average molecular weight is 473 g/mol. The van der Waals surface area contributed by atoms with E-state index in [2.05, 4.69) is 9.44 Å². The van der Waals surface area contributed by atoms with E-state index >= 15 is 0 Å². The lowest BCUT2D eigenvalue weighted by atomic mass is 9.72. The minimum Gasteiger partial charge on any atom is -0.464 e. The van der Waals surface area contributed by atoms with Gasteiger partial charge < -0.3 is 9.47 Å². The zero-order valence-electron chi connectivity index (χ0n) is 19.1. The highest BCUT2D eigenvalue weighted by molar-refractivity contribution is 7.89. The van der Waals surface area contributed by atoms with Crippen LogP contribution in [0.2, 0.25) is 0 Å². The number of hydrogen-bond donors (Lipinski definition) is 2. The largest absolute Gasteiger partial charge is 0.464 e. The van der Waals surface area contributed by atoms with Gasteiger partial charge in [0.25, 0.3) is 0 Å². The van der Waals surface area contributed by atoms with Crippen LogP contribution in [0.15, 0.2) is 0 Å². The molecule has 0 aromatic heterocycles. The second-order valence-electron chi connectivity index (χ2n) is 8.75. The molecule has 0 rings (SSSR count). The van der Waals surface area contributed by atoms with E-state index < -0.39 is 54.9 Å². The molecule has 0 heterocycles. The first-order valence-electron chi connectivity index (χ1n) is 9.60. The van der Waals surface area contributed by atoms with Crippen LogP contribution in [0.1, 0.15) is 54.4 Å². The molecule has 0 aliphatic carbocycles. The van der Waals surface area contributed by atoms with Gasteiger partial charge in [0.15, 0.2) is 0 Å². The summed E-state index contributed by atoms with van der Waals surface area (Å²) in [5, 5.41) is 0. The van der Waals surface area contributed by atoms with Gasteiger partial charge >= 0.3 is 11.9 Å². The standard InChI is InChI=1S/C18H36N2O8S2/c1-9-18(6,16(22)28-11-14(3)20-30(8,25)26)12-17(4,5)15(21)27-10-13(2)19-29(7,23)24/h13-14,19-20H,9-12H2,1-8H3. The number of nitrogens with one attached hydrogen (secondary N) is 2. The molecular formula is C18H36N2O8S2. The molecule has 30 heavy (non-hydrogen) atoms. The van der Waals surface area contributed by atoms with Gasteiger partial charge in [-0.2, -0.15) is 0 Å². The maximum Gasteiger partial charge on any atom is 0.311 e. The van der Waals surface area contributed by atoms with Crippen LogP contribution in [-0.4, -0.2) is 66.6 Å². The number of carbonyl (C=O) groups excluding carboxylic acids is 2. The van der Waals surface area contributed by atoms with Crippen LogP contribution in [0.25, 0.3) is 0 Å². The Morgan fingerprint density at radius 1 is 0.833 bits per heavy atom. The van der Waals surface area contributed by atoms with Gasteiger partial charge in [-0.15, -0.1) is 0 Å². The van der Waals surface area contributed by atoms with Crippen LogP contribution >= 0.6 is 0 Å². The van der Waals surface area contributed by atoms with Crippen molar-refractivity contribution in [2.75, 3.05) is 25.7 Å². The van der Waals surface area contributed by atoms with Crippen molar-refractivity contribution in [3.63, 3.8) is 0 Å². The molecule has 0 amide bonds. The number of carbonyl (C=O) groups is 2. The lowest BCUT2D eigenvalue weighted by Crippen LogP contribution is -2.42. The zero-order chi connectivity index (χ0) is 24.0. The normalized spacial score (nSPS) is 16.9. The van der Waals surface area contributed by atoms with Crippen molar-refractivity contribution in [3.8, 4) is 0 Å². The van der Waals surface area contributed by atoms with Gasteiger partial charge in [-0.3, -0.25) is 9.59 Å². The van der Waals surface area contributed by atoms with E-state index in [1.807, 2.05) is 0 Å². The van der Waals surface area contributed by atoms with Crippen LogP contribution in [0.4, 0.5) is 0 Å². The summed E-state index contributed by atoms with van der Waals surface area (Å²) in [5.41, 5.74) is -2.03. The fourth-order valence-corrected chi connectivity index (χ4v) is 4.56. The average Bonchev–Trinajstić information content (AvgIpc) is 2.53. The van der Waals surface area contributed by atoms with Crippen LogP contribution < -0.4 is 9.44 Å². The molecule has 0 bridgehead atoms. The van der Waals surface area contributed by atoms with Gasteiger partial charge in [0, 0.05) is 0 Å². The van der Waals surface area contributed by atoms with Crippen LogP contribution in [0, 0.1) is 10.8 Å². The fraction of sp³-hybridized carbons (Fsp3) is 0.889. The predicted octanol–water partition coefficient (Wildman–Crippen LogP) is 0.781. The molecule has 0 saturated heterocycles. The third-order valence-electron chi connectivity index (χ3n) is 4.42. The van der Waals surface area contributed by atoms with Gasteiger partial charge in [-0.25, -0.2) is 26.3 Å². The molecule has 2 N–H and O–H groups in total. The highest BCUT2D eigenvalue weighted by Gasteiger charge is 2.43. The van der Waals surface area contributed by atoms with Crippen LogP contribution in [-0.2, 0) is 39.1 Å². The van der Waals surface area contributed by atoms with Gasteiger partial charge in [0.1, 0.15) is 13.2 Å². The zero-order valence-corrected chi connectivity index (χ0v) is 20.7. The quantitative estimate of drug-likeness (QED) is 0.374. The Hall–Kier alpha value is -1.24. The first-order chi connectivity index (χ1) is 13.3. The van der Waals surface area contributed by atoms with E-state index in [9.17, 15) is 26.4 Å². The lowest BCUT2D eigenvalue weighted by molar-refractivity contribution is -0.163. The van der Waals surface area contributed by atoms with Gasteiger partial charge in [0.05, 0.1) is 35.4 Å². The molecule has 0 aromatic rings. The van der Waals surface area contributed by atoms with Crippen LogP contribution in [0.3, 0.4) is 0 Å². The lowest BCUT2D eigenvalue weighted by Gasteiger charge is -2.34. The molecule has 0 saturated carbocycles. The molecule has 3 unspecified atom stereocenters. The van der Waals surface area contributed by atoms with Crippen molar-refractivity contribution in [2.24, 2.45) is 10.8 Å². The summed E-state index contributed by atoms with van der Waals surface area (Å²) in [7, 11) is -6.84. The Morgan fingerprint density at radius 2 is 1.20 bits per heavy atom. The number of rotatable bonds is 13. The summed E-state index contributed by atoms with van der Waals surface area (Å²) in [4.78, 5) is 25.2. The number of ether oxygens (including phenoxy) is 2. The molecule has 0 fully saturated rings. The van der Waals surface area contributed by atoms with Gasteiger partial charge in [-0.05, 0) is 47.5 Å². The monoisotopic (exact) mass is 472 g/mol. The van der Waals surface area contributed by atoms with Crippen molar-refractivity contribution >= 4 is 32.0 Å². The molecule has 10 nitrogen and oxygen atoms in total. The topological polar surface area (TPSA) is 145 Å². The molecule has 0 aliphatic heterocycles. The van der Waals surface area contributed by atoms with Gasteiger partial charge in [-0.1, -0.05) is 6.92 Å². The smallest absolute Gasteiger partial charge is 0.311 e. The molecule has 178 valence electrons. The number of hydrogen-bond acceptors (Lipinski definition) is 8. The van der Waals surface area contributed by atoms with E-state index in [1.54, 1.807) is 41.5 Å². The summed E-state index contributed by atoms with van der Waals surface area (Å²) >= 11 is 0. The Balaban J connectivity index is 4.98. The summed E-state index contributed by atoms with van der Waals surface area (Å²) in [5.74, 6) is -1.11. The molecule has 0 radical (unpaired) electrons. The summed E-state index contributed by atoms with van der Waals surface area (Å²) in [6.07, 6.45) is 2.56. The Kier molecular flexibility index (Phi) is 10.4. The van der Waals surface area contributed by atoms with Crippen molar-refractivity contribution in [1.82, 2.24) is 9.44 Å². The third-order valence-corrected chi connectivity index (χ3v) is 6.08. The van der Waals surface area contributed by atoms with E-state index in [1.165, 1.54) is 0 Å². The molecule has 0 spiro atoms. The number of esters is 2. The first-order valence-corrected chi connectivity index (χ1v) is 13.4. The predicted molar refractivity (Wildman–Crippen MR) is 114 cm³/mol. The fourth-order valence-electron chi connectivity index (χ4n) is 2.96. The van der Waals surface area contributed by atoms with Crippen molar-refractivity contribution < 1.29 is 35.9 Å². The van der Waals surface area contributed by atoms with E-state index in [4.69, 9.17) is 9.47 Å². The van der Waals surface area contributed by atoms with Crippen LogP contribution in [0.5, 0.6) is 0 Å². The molecule has 0 aliphatic rings. The summed E-state index contributed by atoms with van der Waals surface area (Å²) in [6.45, 7) is 9.60. The molecule has 12 heteroatoms. The highest BCUT2D eigenvalue weighted by atomic mass is 32.2. The molecule has 3 atom stereocenters. The second kappa shape index (κ2) is 10.9. The molecule has 0 aromatic carbocycles. The summed E-state index contributed by atoms with van der Waals surface area (Å²) in [6, 6.07) is -1.18. The SMILES string of the molecule is CCC(C)(CC(C)(C)C(=O)OCC(C)NS(C)(=O)=O)C(=O)OCC(C)NS(C)(=O)=O. The van der Waals surface area contributed by atoms with Crippen molar-refractivity contribution in [2.45, 2.75) is 66.5 Å². The van der Waals surface area contributed by atoms with Gasteiger partial charge in [0.2, 0.25) is 20.0 Å². The minimum atomic E-state index is -3.42.